The number of carbonyl (C=O) groups excluding carboxylic acids is 1. The summed E-state index contributed by atoms with van der Waals surface area (Å²) in [5.74, 6) is 3.14. The molecule has 1 aliphatic carbocycles. The van der Waals surface area contributed by atoms with Gasteiger partial charge in [-0.15, -0.1) is 0 Å². The zero-order valence-corrected chi connectivity index (χ0v) is 36.1. The maximum atomic E-state index is 11.0. The van der Waals surface area contributed by atoms with Gasteiger partial charge in [-0.3, -0.25) is 4.90 Å². The predicted octanol–water partition coefficient (Wildman–Crippen LogP) is 10.9. The third-order valence-corrected chi connectivity index (χ3v) is 9.73. The zero-order valence-electron chi connectivity index (χ0n) is 36.1. The highest BCUT2D eigenvalue weighted by Crippen LogP contribution is 2.39. The molecule has 5 rings (SSSR count). The van der Waals surface area contributed by atoms with Crippen molar-refractivity contribution < 1.29 is 23.5 Å². The van der Waals surface area contributed by atoms with E-state index in [9.17, 15) is 4.79 Å². The minimum Gasteiger partial charge on any atom is -0.496 e. The van der Waals surface area contributed by atoms with Gasteiger partial charge in [0.25, 0.3) is 0 Å². The number of benzene rings is 2. The Morgan fingerprint density at radius 1 is 0.830 bits per heavy atom. The first kappa shape index (κ1) is 48.4. The van der Waals surface area contributed by atoms with Crippen molar-refractivity contribution in [2.45, 2.75) is 143 Å². The Morgan fingerprint density at radius 2 is 1.47 bits per heavy atom. The molecule has 0 aromatic heterocycles. The lowest BCUT2D eigenvalue weighted by atomic mass is 9.94. The van der Waals surface area contributed by atoms with Crippen LogP contribution in [0.2, 0.25) is 0 Å². The minimum absolute atomic E-state index is 0.320. The Kier molecular flexibility index (Phi) is 27.1. The third-order valence-electron chi connectivity index (χ3n) is 9.73. The number of carbonyl (C=O) groups is 1. The average molecular weight is 741 g/mol. The molecule has 3 aliphatic rings. The molecule has 0 bridgehead atoms. The van der Waals surface area contributed by atoms with Gasteiger partial charge < -0.3 is 28.4 Å². The van der Waals surface area contributed by atoms with E-state index in [4.69, 9.17) is 14.2 Å². The average Bonchev–Trinajstić information content (AvgIpc) is 3.87. The predicted molar refractivity (Wildman–Crippen MR) is 227 cm³/mol. The molecule has 0 amide bonds. The summed E-state index contributed by atoms with van der Waals surface area (Å²) < 4.78 is 17.0. The van der Waals surface area contributed by atoms with Crippen molar-refractivity contribution in [1.82, 2.24) is 9.80 Å². The molecule has 304 valence electrons. The lowest BCUT2D eigenvalue weighted by Gasteiger charge is -2.24. The van der Waals surface area contributed by atoms with Crippen LogP contribution in [0.15, 0.2) is 42.5 Å². The second-order valence-corrected chi connectivity index (χ2v) is 16.1. The Labute approximate surface area is 327 Å². The molecule has 0 spiro atoms. The lowest BCUT2D eigenvalue weighted by Crippen LogP contribution is -2.35. The number of aryl methyl sites for hydroxylation is 1. The molecule has 7 nitrogen and oxygen atoms in total. The molecule has 1 saturated heterocycles. The summed E-state index contributed by atoms with van der Waals surface area (Å²) in [6.07, 6.45) is 21.1. The van der Waals surface area contributed by atoms with E-state index in [2.05, 4.69) is 77.8 Å². The fraction of sp³-hybridized carbons (Fsp3) is 0.717. The van der Waals surface area contributed by atoms with Gasteiger partial charge in [-0.1, -0.05) is 116 Å². The molecule has 53 heavy (non-hydrogen) atoms. The summed E-state index contributed by atoms with van der Waals surface area (Å²) in [4.78, 5) is 15.8. The highest BCUT2D eigenvalue weighted by molar-refractivity contribution is 5.52. The number of aldehydes is 1. The number of fused-ring (bicyclic) bond motifs is 1. The van der Waals surface area contributed by atoms with Crippen LogP contribution in [-0.2, 0) is 4.79 Å². The molecule has 7 heteroatoms. The number of ether oxygens (including phenoxy) is 3. The first-order chi connectivity index (χ1) is 25.5. The Bertz CT molecular complexity index is 1180. The summed E-state index contributed by atoms with van der Waals surface area (Å²) in [6, 6.07) is 14.7. The highest BCUT2D eigenvalue weighted by Gasteiger charge is 2.32. The first-order valence-corrected chi connectivity index (χ1v) is 21.2. The van der Waals surface area contributed by atoms with E-state index in [1.807, 2.05) is 37.3 Å². The monoisotopic (exact) mass is 741 g/mol. The molecule has 0 N–H and O–H groups in total. The number of hydrogen-bond acceptors (Lipinski definition) is 6. The standard InChI is InChI=1S/C18H25NO3.C12H29N2.C8H10O.C5H12.C3H6/c1-2-3-4-5-16-10-15(12-19(16)8-9-20)14-6-7-17-18(11-14)22-13-21-17;1-6-7-10-13(2)11-8-9-12-14(3,4)5;1-7-5-3-4-6-8(7)9-2;1-3-5-4-2;1-2-3-1/h6-7,9,11,15-16H,2-5,8,10,12-13H2,1H3;6-12H2,1-5H3;3-6H,1-2H3;3-5H2,1-2H3;1-3H2/q;+1;;;. The largest absolute Gasteiger partial charge is 0.496 e. The van der Waals surface area contributed by atoms with E-state index in [1.54, 1.807) is 7.11 Å². The normalized spacial score (nSPS) is 16.9. The number of unbranched alkanes of at least 4 members (excludes halogenated alkanes) is 6. The molecule has 2 atom stereocenters. The summed E-state index contributed by atoms with van der Waals surface area (Å²) in [6.45, 7) is 16.6. The smallest absolute Gasteiger partial charge is 0.231 e. The van der Waals surface area contributed by atoms with E-state index >= 15 is 0 Å². The van der Waals surface area contributed by atoms with Gasteiger partial charge in [0.1, 0.15) is 12.0 Å². The quantitative estimate of drug-likeness (QED) is 0.0862. The van der Waals surface area contributed by atoms with Crippen LogP contribution in [0.5, 0.6) is 17.2 Å². The van der Waals surface area contributed by atoms with Gasteiger partial charge in [0.05, 0.1) is 41.3 Å². The zero-order chi connectivity index (χ0) is 39.3. The first-order valence-electron chi connectivity index (χ1n) is 21.2. The molecular formula is C46H82N3O4+. The number of methoxy groups -OCH3 is 1. The van der Waals surface area contributed by atoms with Gasteiger partial charge in [0.2, 0.25) is 6.79 Å². The number of hydrogen-bond donors (Lipinski definition) is 0. The van der Waals surface area contributed by atoms with Crippen LogP contribution < -0.4 is 14.2 Å². The fourth-order valence-corrected chi connectivity index (χ4v) is 6.29. The summed E-state index contributed by atoms with van der Waals surface area (Å²) in [5, 5.41) is 0. The van der Waals surface area contributed by atoms with E-state index in [0.29, 0.717) is 25.3 Å². The van der Waals surface area contributed by atoms with Crippen LogP contribution in [0.3, 0.4) is 0 Å². The number of nitrogens with zero attached hydrogens (tertiary/aromatic N) is 3. The third kappa shape index (κ3) is 23.7. The number of rotatable bonds is 18. The highest BCUT2D eigenvalue weighted by atomic mass is 16.7. The molecule has 2 aromatic carbocycles. The lowest BCUT2D eigenvalue weighted by molar-refractivity contribution is -0.870. The van der Waals surface area contributed by atoms with Crippen LogP contribution >= 0.6 is 0 Å². The van der Waals surface area contributed by atoms with Crippen LogP contribution in [0, 0.1) is 6.92 Å². The van der Waals surface area contributed by atoms with Crippen LogP contribution in [-0.4, -0.2) is 101 Å². The molecular weight excluding hydrogens is 659 g/mol. The van der Waals surface area contributed by atoms with Crippen LogP contribution in [0.4, 0.5) is 0 Å². The van der Waals surface area contributed by atoms with Gasteiger partial charge in [-0.2, -0.15) is 0 Å². The van der Waals surface area contributed by atoms with Crippen molar-refractivity contribution in [3.05, 3.63) is 53.6 Å². The molecule has 2 fully saturated rings. The van der Waals surface area contributed by atoms with Crippen molar-refractivity contribution in [3.63, 3.8) is 0 Å². The number of para-hydroxylation sites is 1. The second-order valence-electron chi connectivity index (χ2n) is 16.1. The van der Waals surface area contributed by atoms with Crippen LogP contribution in [0.25, 0.3) is 0 Å². The topological polar surface area (TPSA) is 51.2 Å². The fourth-order valence-electron chi connectivity index (χ4n) is 6.29. The van der Waals surface area contributed by atoms with Crippen molar-refractivity contribution >= 4 is 6.29 Å². The van der Waals surface area contributed by atoms with Crippen molar-refractivity contribution in [1.29, 1.82) is 0 Å². The maximum absolute atomic E-state index is 11.0. The van der Waals surface area contributed by atoms with Crippen molar-refractivity contribution in [2.24, 2.45) is 0 Å². The summed E-state index contributed by atoms with van der Waals surface area (Å²) in [7, 11) is 10.7. The Morgan fingerprint density at radius 3 is 2.02 bits per heavy atom. The molecule has 0 radical (unpaired) electrons. The van der Waals surface area contributed by atoms with Gasteiger partial charge in [-0.25, -0.2) is 0 Å². The number of likely N-dealkylation sites (tertiary alicyclic amines) is 1. The van der Waals surface area contributed by atoms with Gasteiger partial charge in [0.15, 0.2) is 11.5 Å². The van der Waals surface area contributed by atoms with Gasteiger partial charge in [-0.05, 0) is 94.4 Å². The Hall–Kier alpha value is -2.61. The molecule has 2 aromatic rings. The van der Waals surface area contributed by atoms with Crippen molar-refractivity contribution in [2.75, 3.05) is 74.8 Å². The minimum atomic E-state index is 0.320. The Balaban J connectivity index is 0.000000386. The summed E-state index contributed by atoms with van der Waals surface area (Å²) >= 11 is 0. The molecule has 2 heterocycles. The van der Waals surface area contributed by atoms with E-state index < -0.39 is 0 Å². The maximum Gasteiger partial charge on any atom is 0.231 e. The molecule has 1 saturated carbocycles. The van der Waals surface area contributed by atoms with Gasteiger partial charge in [0, 0.05) is 12.6 Å². The number of quaternary nitrogens is 1. The SMILES string of the molecule is C1CC1.CCCCC.CCCCCC1CC(c2ccc3c(c2)OCO3)CN1CC=O.CCCCN(C)CCCC[N+](C)(C)C.COc1ccccc1C. The van der Waals surface area contributed by atoms with Gasteiger partial charge >= 0.3 is 0 Å². The van der Waals surface area contributed by atoms with E-state index in [0.717, 1.165) is 41.0 Å². The van der Waals surface area contributed by atoms with E-state index in [-0.39, 0.29) is 0 Å². The summed E-state index contributed by atoms with van der Waals surface area (Å²) in [5.41, 5.74) is 2.48. The van der Waals surface area contributed by atoms with Crippen molar-refractivity contribution in [3.8, 4) is 17.2 Å². The second kappa shape index (κ2) is 29.7. The van der Waals surface area contributed by atoms with Crippen LogP contribution in [0.1, 0.15) is 141 Å². The molecule has 2 unspecified atom stereocenters. The van der Waals surface area contributed by atoms with E-state index in [1.165, 1.54) is 121 Å². The molecule has 2 aliphatic heterocycles.